The smallest absolute Gasteiger partial charge is 0.105 e. The average molecular weight is 423 g/mol. The SMILES string of the molecule is C#Cc1c(/C=C\C)c2ccccc2n1-c1cccc(-n2c3ccccc3c3ccccc32)c1. The van der Waals surface area contributed by atoms with Crippen LogP contribution in [0.25, 0.3) is 50.2 Å². The first-order valence-electron chi connectivity index (χ1n) is 11.1. The molecule has 0 unspecified atom stereocenters. The molecule has 0 atom stereocenters. The summed E-state index contributed by atoms with van der Waals surface area (Å²) in [6.45, 7) is 2.02. The molecule has 2 heteroatoms. The Morgan fingerprint density at radius 3 is 1.73 bits per heavy atom. The Morgan fingerprint density at radius 1 is 0.636 bits per heavy atom. The van der Waals surface area contributed by atoms with Crippen LogP contribution in [0.5, 0.6) is 0 Å². The summed E-state index contributed by atoms with van der Waals surface area (Å²) in [5, 5.41) is 3.67. The van der Waals surface area contributed by atoms with Gasteiger partial charge in [-0.2, -0.15) is 0 Å². The molecule has 2 aromatic heterocycles. The van der Waals surface area contributed by atoms with E-state index in [2.05, 4.69) is 118 Å². The van der Waals surface area contributed by atoms with E-state index < -0.39 is 0 Å². The largest absolute Gasteiger partial charge is 0.309 e. The van der Waals surface area contributed by atoms with Gasteiger partial charge in [0.1, 0.15) is 5.69 Å². The number of nitrogens with zero attached hydrogens (tertiary/aromatic N) is 2. The van der Waals surface area contributed by atoms with Crippen molar-refractivity contribution in [1.82, 2.24) is 9.13 Å². The second-order valence-corrected chi connectivity index (χ2v) is 8.15. The summed E-state index contributed by atoms with van der Waals surface area (Å²) >= 11 is 0. The van der Waals surface area contributed by atoms with E-state index in [1.807, 2.05) is 13.0 Å². The van der Waals surface area contributed by atoms with Crippen molar-refractivity contribution in [1.29, 1.82) is 0 Å². The predicted octanol–water partition coefficient (Wildman–Crippen LogP) is 7.74. The number of hydrogen-bond donors (Lipinski definition) is 0. The Labute approximate surface area is 193 Å². The minimum Gasteiger partial charge on any atom is -0.309 e. The monoisotopic (exact) mass is 422 g/mol. The van der Waals surface area contributed by atoms with Crippen LogP contribution in [0.1, 0.15) is 18.2 Å². The highest BCUT2D eigenvalue weighted by atomic mass is 15.0. The lowest BCUT2D eigenvalue weighted by molar-refractivity contribution is 1.08. The zero-order chi connectivity index (χ0) is 22.4. The van der Waals surface area contributed by atoms with Crippen molar-refractivity contribution in [3.63, 3.8) is 0 Å². The molecule has 0 amide bonds. The molecule has 6 aromatic rings. The van der Waals surface area contributed by atoms with E-state index in [4.69, 9.17) is 6.42 Å². The number of benzene rings is 4. The molecule has 0 aliphatic carbocycles. The third-order valence-corrected chi connectivity index (χ3v) is 6.31. The molecule has 0 saturated carbocycles. The maximum absolute atomic E-state index is 6.05. The molecule has 0 spiro atoms. The average Bonchev–Trinajstić information content (AvgIpc) is 3.37. The summed E-state index contributed by atoms with van der Waals surface area (Å²) in [5.41, 5.74) is 7.61. The fraction of sp³-hybridized carbons (Fsp3) is 0.0323. The zero-order valence-corrected chi connectivity index (χ0v) is 18.4. The van der Waals surface area contributed by atoms with Gasteiger partial charge in [0.05, 0.1) is 16.6 Å². The minimum atomic E-state index is 0.869. The molecule has 2 nitrogen and oxygen atoms in total. The first kappa shape index (κ1) is 19.2. The van der Waals surface area contributed by atoms with Crippen LogP contribution in [0, 0.1) is 12.3 Å². The van der Waals surface area contributed by atoms with E-state index in [0.717, 1.165) is 33.5 Å². The maximum Gasteiger partial charge on any atom is 0.105 e. The lowest BCUT2D eigenvalue weighted by Gasteiger charge is -2.13. The number of terminal acetylenes is 1. The highest BCUT2D eigenvalue weighted by molar-refractivity contribution is 6.09. The third-order valence-electron chi connectivity index (χ3n) is 6.31. The quantitative estimate of drug-likeness (QED) is 0.258. The Bertz CT molecular complexity index is 1680. The van der Waals surface area contributed by atoms with E-state index in [9.17, 15) is 0 Å². The number of rotatable bonds is 3. The fourth-order valence-electron chi connectivity index (χ4n) is 4.98. The van der Waals surface area contributed by atoms with Gasteiger partial charge in [0.2, 0.25) is 0 Å². The van der Waals surface area contributed by atoms with E-state index in [1.165, 1.54) is 21.8 Å². The number of fused-ring (bicyclic) bond motifs is 4. The third kappa shape index (κ3) is 2.83. The number of para-hydroxylation sites is 3. The first-order valence-corrected chi connectivity index (χ1v) is 11.1. The standard InChI is InChI=1S/C31H22N2/c1-3-12-24-25-15-5-8-18-29(25)32(28(24)4-2)22-13-11-14-23(21-22)33-30-19-9-6-16-26(30)27-17-7-10-20-31(27)33/h2-3,5-21H,1H3/b12-3-. The van der Waals surface area contributed by atoms with E-state index in [1.54, 1.807) is 0 Å². The fourth-order valence-corrected chi connectivity index (χ4v) is 4.98. The molecule has 0 radical (unpaired) electrons. The minimum absolute atomic E-state index is 0.869. The molecule has 6 rings (SSSR count). The summed E-state index contributed by atoms with van der Waals surface area (Å²) in [7, 11) is 0. The van der Waals surface area contributed by atoms with E-state index in [0.29, 0.717) is 0 Å². The highest BCUT2D eigenvalue weighted by Crippen LogP contribution is 2.34. The topological polar surface area (TPSA) is 9.86 Å². The maximum atomic E-state index is 6.05. The van der Waals surface area contributed by atoms with Crippen molar-refractivity contribution in [2.45, 2.75) is 6.92 Å². The van der Waals surface area contributed by atoms with Crippen molar-refractivity contribution in [3.8, 4) is 23.7 Å². The molecule has 0 aliphatic heterocycles. The van der Waals surface area contributed by atoms with Crippen LogP contribution in [0.15, 0.2) is 103 Å². The van der Waals surface area contributed by atoms with E-state index in [-0.39, 0.29) is 0 Å². The second-order valence-electron chi connectivity index (χ2n) is 8.15. The van der Waals surface area contributed by atoms with Gasteiger partial charge in [-0.15, -0.1) is 6.42 Å². The molecule has 0 fully saturated rings. The molecular weight excluding hydrogens is 400 g/mol. The molecule has 4 aromatic carbocycles. The van der Waals surface area contributed by atoms with Crippen molar-refractivity contribution in [3.05, 3.63) is 114 Å². The van der Waals surface area contributed by atoms with Crippen LogP contribution in [-0.2, 0) is 0 Å². The summed E-state index contributed by atoms with van der Waals surface area (Å²) in [6, 6.07) is 34.2. The van der Waals surface area contributed by atoms with Crippen molar-refractivity contribution >= 4 is 38.8 Å². The summed E-state index contributed by atoms with van der Waals surface area (Å²) in [4.78, 5) is 0. The molecule has 0 saturated heterocycles. The van der Waals surface area contributed by atoms with E-state index >= 15 is 0 Å². The molecule has 0 aliphatic rings. The van der Waals surface area contributed by atoms with Gasteiger partial charge in [-0.1, -0.05) is 78.7 Å². The molecule has 156 valence electrons. The van der Waals surface area contributed by atoms with Crippen LogP contribution in [0.2, 0.25) is 0 Å². The number of allylic oxidation sites excluding steroid dienone is 1. The Hall–Kier alpha value is -4.48. The van der Waals surface area contributed by atoms with Crippen LogP contribution in [-0.4, -0.2) is 9.13 Å². The molecular formula is C31H22N2. The van der Waals surface area contributed by atoms with Crippen LogP contribution in [0.3, 0.4) is 0 Å². The van der Waals surface area contributed by atoms with Crippen molar-refractivity contribution < 1.29 is 0 Å². The number of hydrogen-bond acceptors (Lipinski definition) is 0. The van der Waals surface area contributed by atoms with Gasteiger partial charge in [-0.3, -0.25) is 0 Å². The van der Waals surface area contributed by atoms with Crippen LogP contribution < -0.4 is 0 Å². The number of aromatic nitrogens is 2. The highest BCUT2D eigenvalue weighted by Gasteiger charge is 2.16. The van der Waals surface area contributed by atoms with Crippen molar-refractivity contribution in [2.24, 2.45) is 0 Å². The Kier molecular flexibility index (Phi) is 4.42. The van der Waals surface area contributed by atoms with Crippen molar-refractivity contribution in [2.75, 3.05) is 0 Å². The molecule has 0 bridgehead atoms. The van der Waals surface area contributed by atoms with Gasteiger partial charge in [0, 0.05) is 33.1 Å². The Balaban J connectivity index is 1.66. The molecule has 2 heterocycles. The lowest BCUT2D eigenvalue weighted by atomic mass is 10.1. The summed E-state index contributed by atoms with van der Waals surface area (Å²) < 4.78 is 4.53. The second kappa shape index (κ2) is 7.58. The van der Waals surface area contributed by atoms with Gasteiger partial charge < -0.3 is 9.13 Å². The van der Waals surface area contributed by atoms with Gasteiger partial charge in [-0.25, -0.2) is 0 Å². The summed E-state index contributed by atoms with van der Waals surface area (Å²) in [5.74, 6) is 2.96. The normalized spacial score (nSPS) is 11.6. The summed E-state index contributed by atoms with van der Waals surface area (Å²) in [6.07, 6.45) is 10.2. The molecule has 33 heavy (non-hydrogen) atoms. The molecule has 0 N–H and O–H groups in total. The van der Waals surface area contributed by atoms with Gasteiger partial charge >= 0.3 is 0 Å². The first-order chi connectivity index (χ1) is 16.3. The lowest BCUT2D eigenvalue weighted by Crippen LogP contribution is -2.00. The zero-order valence-electron chi connectivity index (χ0n) is 18.4. The van der Waals surface area contributed by atoms with Gasteiger partial charge in [-0.05, 0) is 43.3 Å². The van der Waals surface area contributed by atoms with Crippen LogP contribution >= 0.6 is 0 Å². The van der Waals surface area contributed by atoms with Crippen LogP contribution in [0.4, 0.5) is 0 Å². The van der Waals surface area contributed by atoms with Gasteiger partial charge in [0.25, 0.3) is 0 Å². The predicted molar refractivity (Wildman–Crippen MR) is 140 cm³/mol. The van der Waals surface area contributed by atoms with Gasteiger partial charge in [0.15, 0.2) is 0 Å². The Morgan fingerprint density at radius 2 is 1.15 bits per heavy atom.